The van der Waals surface area contributed by atoms with Crippen LogP contribution in [0.5, 0.6) is 0 Å². The molecule has 0 spiro atoms. The first-order valence-electron chi connectivity index (χ1n) is 5.39. The Morgan fingerprint density at radius 1 is 1.10 bits per heavy atom. The summed E-state index contributed by atoms with van der Waals surface area (Å²) in [6.45, 7) is 0. The molecule has 0 aromatic heterocycles. The second kappa shape index (κ2) is 5.64. The summed E-state index contributed by atoms with van der Waals surface area (Å²) >= 11 is 11.6. The fraction of sp³-hybridized carbons (Fsp3) is 0. The summed E-state index contributed by atoms with van der Waals surface area (Å²) < 4.78 is 26.0. The molecule has 0 fully saturated rings. The Kier molecular flexibility index (Phi) is 4.11. The minimum Gasteiger partial charge on any atom is -0.396 e. The number of nitrogens with two attached hydrogens (primary N) is 1. The molecule has 0 aliphatic carbocycles. The van der Waals surface area contributed by atoms with E-state index in [0.29, 0.717) is 0 Å². The number of anilines is 2. The van der Waals surface area contributed by atoms with E-state index in [1.54, 1.807) is 0 Å². The number of carbonyl (C=O) groups is 1. The summed E-state index contributed by atoms with van der Waals surface area (Å²) in [5, 5.41) is 2.33. The van der Waals surface area contributed by atoms with Gasteiger partial charge in [0.2, 0.25) is 0 Å². The van der Waals surface area contributed by atoms with E-state index in [2.05, 4.69) is 5.32 Å². The molecule has 3 nitrogen and oxygen atoms in total. The Hall–Kier alpha value is -1.85. The van der Waals surface area contributed by atoms with Gasteiger partial charge < -0.3 is 11.1 Å². The molecular weight excluding hydrogens is 309 g/mol. The summed E-state index contributed by atoms with van der Waals surface area (Å²) in [7, 11) is 0. The number of rotatable bonds is 2. The van der Waals surface area contributed by atoms with Crippen molar-refractivity contribution in [3.05, 3.63) is 57.6 Å². The molecule has 0 heterocycles. The second-order valence-electron chi connectivity index (χ2n) is 3.93. The highest BCUT2D eigenvalue weighted by Crippen LogP contribution is 2.31. The number of halogens is 4. The molecule has 0 saturated heterocycles. The van der Waals surface area contributed by atoms with E-state index in [9.17, 15) is 13.6 Å². The molecule has 0 atom stereocenters. The average molecular weight is 317 g/mol. The zero-order chi connectivity index (χ0) is 14.9. The minimum atomic E-state index is -0.626. The van der Waals surface area contributed by atoms with Crippen molar-refractivity contribution in [2.24, 2.45) is 0 Å². The van der Waals surface area contributed by atoms with Crippen LogP contribution in [-0.2, 0) is 0 Å². The summed E-state index contributed by atoms with van der Waals surface area (Å²) in [4.78, 5) is 12.0. The normalized spacial score (nSPS) is 10.4. The van der Waals surface area contributed by atoms with Gasteiger partial charge in [-0.15, -0.1) is 0 Å². The maximum atomic E-state index is 13.0. The summed E-state index contributed by atoms with van der Waals surface area (Å²) in [5.74, 6) is -1.84. The van der Waals surface area contributed by atoms with Crippen LogP contribution in [0.2, 0.25) is 10.0 Å². The van der Waals surface area contributed by atoms with Crippen molar-refractivity contribution in [1.29, 1.82) is 0 Å². The van der Waals surface area contributed by atoms with Crippen LogP contribution in [-0.4, -0.2) is 5.91 Å². The van der Waals surface area contributed by atoms with Crippen LogP contribution in [0.3, 0.4) is 0 Å². The monoisotopic (exact) mass is 316 g/mol. The molecule has 2 rings (SSSR count). The molecule has 20 heavy (non-hydrogen) atoms. The van der Waals surface area contributed by atoms with Gasteiger partial charge in [0.25, 0.3) is 5.91 Å². The molecule has 2 aromatic carbocycles. The molecule has 7 heteroatoms. The van der Waals surface area contributed by atoms with E-state index in [1.807, 2.05) is 0 Å². The zero-order valence-electron chi connectivity index (χ0n) is 9.88. The van der Waals surface area contributed by atoms with Crippen molar-refractivity contribution in [2.75, 3.05) is 11.1 Å². The summed E-state index contributed by atoms with van der Waals surface area (Å²) in [6, 6.07) is 5.53. The van der Waals surface area contributed by atoms with E-state index in [0.717, 1.165) is 18.2 Å². The van der Waals surface area contributed by atoms with Crippen molar-refractivity contribution < 1.29 is 13.6 Å². The third-order valence-corrected chi connectivity index (χ3v) is 3.10. The standard InChI is InChI=1S/C13H8Cl2F2N2O/c14-8-4-7(16)5-9(15)12(8)19-13(20)6-1-2-10(17)11(18)3-6/h1-5H,18H2,(H,19,20). The SMILES string of the molecule is Nc1cc(C(=O)Nc2c(Cl)cc(F)cc2Cl)ccc1F. The van der Waals surface area contributed by atoms with E-state index in [-0.39, 0.29) is 27.0 Å². The van der Waals surface area contributed by atoms with Crippen LogP contribution in [0, 0.1) is 11.6 Å². The van der Waals surface area contributed by atoms with Crippen LogP contribution in [0.4, 0.5) is 20.2 Å². The van der Waals surface area contributed by atoms with E-state index in [4.69, 9.17) is 28.9 Å². The van der Waals surface area contributed by atoms with Gasteiger partial charge in [-0.1, -0.05) is 23.2 Å². The topological polar surface area (TPSA) is 55.1 Å². The molecule has 1 amide bonds. The average Bonchev–Trinajstić information content (AvgIpc) is 2.36. The largest absolute Gasteiger partial charge is 0.396 e. The lowest BCUT2D eigenvalue weighted by Crippen LogP contribution is -2.13. The third kappa shape index (κ3) is 3.00. The predicted molar refractivity (Wildman–Crippen MR) is 75.2 cm³/mol. The Morgan fingerprint density at radius 3 is 2.25 bits per heavy atom. The van der Waals surface area contributed by atoms with Gasteiger partial charge in [-0.05, 0) is 30.3 Å². The Morgan fingerprint density at radius 2 is 1.70 bits per heavy atom. The lowest BCUT2D eigenvalue weighted by molar-refractivity contribution is 0.102. The molecule has 104 valence electrons. The fourth-order valence-corrected chi connectivity index (χ4v) is 2.09. The third-order valence-electron chi connectivity index (χ3n) is 2.50. The van der Waals surface area contributed by atoms with Gasteiger partial charge in [0, 0.05) is 5.56 Å². The number of hydrogen-bond acceptors (Lipinski definition) is 2. The van der Waals surface area contributed by atoms with Crippen LogP contribution < -0.4 is 11.1 Å². The van der Waals surface area contributed by atoms with Gasteiger partial charge in [0.1, 0.15) is 11.6 Å². The number of hydrogen-bond donors (Lipinski definition) is 2. The van der Waals surface area contributed by atoms with E-state index in [1.165, 1.54) is 12.1 Å². The second-order valence-corrected chi connectivity index (χ2v) is 4.75. The van der Waals surface area contributed by atoms with E-state index < -0.39 is 17.5 Å². The summed E-state index contributed by atoms with van der Waals surface area (Å²) in [6.07, 6.45) is 0. The minimum absolute atomic E-state index is 0.0431. The van der Waals surface area contributed by atoms with Gasteiger partial charge in [-0.25, -0.2) is 8.78 Å². The first-order valence-corrected chi connectivity index (χ1v) is 6.15. The van der Waals surface area contributed by atoms with Crippen molar-refractivity contribution in [3.8, 4) is 0 Å². The fourth-order valence-electron chi connectivity index (χ4n) is 1.53. The number of carbonyl (C=O) groups excluding carboxylic acids is 1. The van der Waals surface area contributed by atoms with Crippen LogP contribution in [0.1, 0.15) is 10.4 Å². The molecule has 3 N–H and O–H groups in total. The zero-order valence-corrected chi connectivity index (χ0v) is 11.4. The van der Waals surface area contributed by atoms with Crippen molar-refractivity contribution in [1.82, 2.24) is 0 Å². The first-order chi connectivity index (χ1) is 9.38. The molecule has 2 aromatic rings. The Labute approximate surface area is 123 Å². The quantitative estimate of drug-likeness (QED) is 0.819. The maximum Gasteiger partial charge on any atom is 0.255 e. The smallest absolute Gasteiger partial charge is 0.255 e. The molecule has 0 radical (unpaired) electrons. The van der Waals surface area contributed by atoms with Crippen molar-refractivity contribution in [3.63, 3.8) is 0 Å². The number of benzene rings is 2. The predicted octanol–water partition coefficient (Wildman–Crippen LogP) is 4.11. The van der Waals surface area contributed by atoms with Crippen LogP contribution in [0.25, 0.3) is 0 Å². The lowest BCUT2D eigenvalue weighted by Gasteiger charge is -2.10. The van der Waals surface area contributed by atoms with Gasteiger partial charge in [0.15, 0.2) is 0 Å². The van der Waals surface area contributed by atoms with Crippen LogP contribution in [0.15, 0.2) is 30.3 Å². The molecule has 0 bridgehead atoms. The Balaban J connectivity index is 2.30. The molecule has 0 saturated carbocycles. The Bertz CT molecular complexity index is 669. The number of nitrogen functional groups attached to an aromatic ring is 1. The highest BCUT2D eigenvalue weighted by molar-refractivity contribution is 6.40. The number of amides is 1. The lowest BCUT2D eigenvalue weighted by atomic mass is 10.1. The van der Waals surface area contributed by atoms with Gasteiger partial charge in [-0.3, -0.25) is 4.79 Å². The van der Waals surface area contributed by atoms with E-state index >= 15 is 0 Å². The number of nitrogens with one attached hydrogen (secondary N) is 1. The van der Waals surface area contributed by atoms with Gasteiger partial charge in [0.05, 0.1) is 21.4 Å². The highest BCUT2D eigenvalue weighted by Gasteiger charge is 2.14. The van der Waals surface area contributed by atoms with Crippen molar-refractivity contribution >= 4 is 40.5 Å². The molecule has 0 aliphatic rings. The first kappa shape index (κ1) is 14.6. The van der Waals surface area contributed by atoms with Gasteiger partial charge >= 0.3 is 0 Å². The molecular formula is C13H8Cl2F2N2O. The molecule has 0 aliphatic heterocycles. The highest BCUT2D eigenvalue weighted by atomic mass is 35.5. The maximum absolute atomic E-state index is 13.0. The van der Waals surface area contributed by atoms with Gasteiger partial charge in [-0.2, -0.15) is 0 Å². The molecule has 0 unspecified atom stereocenters. The summed E-state index contributed by atoms with van der Waals surface area (Å²) in [5.41, 5.74) is 5.41. The van der Waals surface area contributed by atoms with Crippen molar-refractivity contribution in [2.45, 2.75) is 0 Å². The van der Waals surface area contributed by atoms with Crippen LogP contribution >= 0.6 is 23.2 Å².